The maximum Gasteiger partial charge on any atom is 0.303 e. The van der Waals surface area contributed by atoms with Crippen molar-refractivity contribution in [1.29, 1.82) is 0 Å². The molecule has 0 aromatic rings. The Morgan fingerprint density at radius 3 is 1.22 bits per heavy atom. The van der Waals surface area contributed by atoms with Gasteiger partial charge in [-0.05, 0) is 38.5 Å². The number of hydrogen-bond acceptors (Lipinski definition) is 4. The van der Waals surface area contributed by atoms with Crippen molar-refractivity contribution in [3.05, 3.63) is 0 Å². The smallest absolute Gasteiger partial charge is 0.303 e. The summed E-state index contributed by atoms with van der Waals surface area (Å²) < 4.78 is 0. The highest BCUT2D eigenvalue weighted by Gasteiger charge is 2.06. The average molecular weight is 330 g/mol. The Morgan fingerprint density at radius 2 is 0.913 bits per heavy atom. The van der Waals surface area contributed by atoms with Gasteiger partial charge in [0.25, 0.3) is 0 Å². The minimum atomic E-state index is -0.738. The Labute approximate surface area is 139 Å². The largest absolute Gasteiger partial charge is 0.481 e. The van der Waals surface area contributed by atoms with Crippen molar-refractivity contribution in [3.63, 3.8) is 0 Å². The average Bonchev–Trinajstić information content (AvgIpc) is 2.47. The summed E-state index contributed by atoms with van der Waals surface area (Å²) in [6.07, 6.45) is 10.7. The number of rotatable bonds is 16. The van der Waals surface area contributed by atoms with E-state index in [0.717, 1.165) is 57.8 Å². The lowest BCUT2D eigenvalue weighted by molar-refractivity contribution is -0.138. The molecule has 0 heterocycles. The van der Waals surface area contributed by atoms with Crippen LogP contribution in [0.15, 0.2) is 0 Å². The Hall–Kier alpha value is -1.14. The van der Waals surface area contributed by atoms with E-state index in [9.17, 15) is 9.59 Å². The first-order chi connectivity index (χ1) is 10.9. The fourth-order valence-electron chi connectivity index (χ4n) is 2.64. The molecule has 0 fully saturated rings. The van der Waals surface area contributed by atoms with Crippen LogP contribution >= 0.6 is 0 Å². The van der Waals surface area contributed by atoms with Crippen molar-refractivity contribution in [3.8, 4) is 0 Å². The predicted molar refractivity (Wildman–Crippen MR) is 91.2 cm³/mol. The Balaban J connectivity index is 3.36. The van der Waals surface area contributed by atoms with Crippen molar-refractivity contribution in [2.45, 2.75) is 95.6 Å². The molecule has 0 rings (SSSR count). The SMILES string of the molecule is NC(CCCCCC(N)CCCCC(=O)O)CCCCC(=O)O. The Bertz CT molecular complexity index is 294. The van der Waals surface area contributed by atoms with Gasteiger partial charge < -0.3 is 21.7 Å². The fourth-order valence-corrected chi connectivity index (χ4v) is 2.64. The van der Waals surface area contributed by atoms with Gasteiger partial charge in [-0.3, -0.25) is 9.59 Å². The first kappa shape index (κ1) is 21.9. The van der Waals surface area contributed by atoms with E-state index in [4.69, 9.17) is 21.7 Å². The van der Waals surface area contributed by atoms with Crippen LogP contribution in [0.25, 0.3) is 0 Å². The van der Waals surface area contributed by atoms with Crippen molar-refractivity contribution in [2.24, 2.45) is 11.5 Å². The number of carboxylic acid groups (broad SMARTS) is 2. The molecular formula is C17H34N2O4. The van der Waals surface area contributed by atoms with Crippen molar-refractivity contribution in [1.82, 2.24) is 0 Å². The van der Waals surface area contributed by atoms with Gasteiger partial charge in [-0.1, -0.05) is 32.1 Å². The molecule has 136 valence electrons. The first-order valence-corrected chi connectivity index (χ1v) is 8.86. The third-order valence-corrected chi connectivity index (χ3v) is 4.08. The second-order valence-corrected chi connectivity index (χ2v) is 6.44. The number of unbranched alkanes of at least 4 members (excludes halogenated alkanes) is 4. The van der Waals surface area contributed by atoms with Gasteiger partial charge in [-0.25, -0.2) is 0 Å². The van der Waals surface area contributed by atoms with E-state index in [1.807, 2.05) is 0 Å². The number of hydrogen-bond donors (Lipinski definition) is 4. The minimum Gasteiger partial charge on any atom is -0.481 e. The molecule has 0 spiro atoms. The molecule has 0 aliphatic rings. The molecule has 0 aliphatic carbocycles. The van der Waals surface area contributed by atoms with E-state index in [-0.39, 0.29) is 24.9 Å². The summed E-state index contributed by atoms with van der Waals surface area (Å²) >= 11 is 0. The van der Waals surface area contributed by atoms with Gasteiger partial charge in [-0.2, -0.15) is 0 Å². The third kappa shape index (κ3) is 17.1. The normalized spacial score (nSPS) is 13.7. The van der Waals surface area contributed by atoms with Gasteiger partial charge in [0.15, 0.2) is 0 Å². The molecule has 23 heavy (non-hydrogen) atoms. The van der Waals surface area contributed by atoms with Crippen LogP contribution in [-0.4, -0.2) is 34.2 Å². The number of nitrogens with two attached hydrogens (primary N) is 2. The van der Waals surface area contributed by atoms with Gasteiger partial charge in [0.2, 0.25) is 0 Å². The zero-order valence-corrected chi connectivity index (χ0v) is 14.2. The standard InChI is InChI=1S/C17H34N2O4/c18-14(10-4-6-12-16(20)21)8-2-1-3-9-15(19)11-5-7-13-17(22)23/h14-15H,1-13,18-19H2,(H,20,21)(H,22,23). The number of carbonyl (C=O) groups is 2. The molecule has 0 aliphatic heterocycles. The summed E-state index contributed by atoms with van der Waals surface area (Å²) in [5.41, 5.74) is 12.0. The second kappa shape index (κ2) is 14.5. The highest BCUT2D eigenvalue weighted by atomic mass is 16.4. The van der Waals surface area contributed by atoms with Crippen LogP contribution in [0, 0.1) is 0 Å². The quantitative estimate of drug-likeness (QED) is 0.322. The van der Waals surface area contributed by atoms with Gasteiger partial charge >= 0.3 is 11.9 Å². The van der Waals surface area contributed by atoms with Crippen LogP contribution in [0.2, 0.25) is 0 Å². The lowest BCUT2D eigenvalue weighted by Crippen LogP contribution is -2.20. The molecule has 0 saturated heterocycles. The third-order valence-electron chi connectivity index (χ3n) is 4.08. The second-order valence-electron chi connectivity index (χ2n) is 6.44. The Morgan fingerprint density at radius 1 is 0.609 bits per heavy atom. The van der Waals surface area contributed by atoms with Crippen LogP contribution in [0.5, 0.6) is 0 Å². The van der Waals surface area contributed by atoms with E-state index in [1.165, 1.54) is 0 Å². The molecule has 0 amide bonds. The van der Waals surface area contributed by atoms with Crippen LogP contribution in [0.1, 0.15) is 83.5 Å². The highest BCUT2D eigenvalue weighted by molar-refractivity contribution is 5.66. The van der Waals surface area contributed by atoms with Crippen LogP contribution in [-0.2, 0) is 9.59 Å². The Kier molecular flexibility index (Phi) is 13.7. The van der Waals surface area contributed by atoms with Gasteiger partial charge in [0.1, 0.15) is 0 Å². The zero-order chi connectivity index (χ0) is 17.5. The lowest BCUT2D eigenvalue weighted by Gasteiger charge is -2.13. The molecule has 0 radical (unpaired) electrons. The highest BCUT2D eigenvalue weighted by Crippen LogP contribution is 2.12. The molecule has 0 bridgehead atoms. The summed E-state index contributed by atoms with van der Waals surface area (Å²) in [4.78, 5) is 20.8. The number of aliphatic carboxylic acids is 2. The maximum atomic E-state index is 10.4. The van der Waals surface area contributed by atoms with Gasteiger partial charge in [0.05, 0.1) is 0 Å². The summed E-state index contributed by atoms with van der Waals surface area (Å²) in [5.74, 6) is -1.48. The van der Waals surface area contributed by atoms with E-state index >= 15 is 0 Å². The maximum absolute atomic E-state index is 10.4. The molecule has 6 heteroatoms. The molecule has 0 saturated carbocycles. The van der Waals surface area contributed by atoms with Crippen molar-refractivity contribution in [2.75, 3.05) is 0 Å². The minimum absolute atomic E-state index is 0.175. The lowest BCUT2D eigenvalue weighted by atomic mass is 9.99. The van der Waals surface area contributed by atoms with Crippen LogP contribution in [0.4, 0.5) is 0 Å². The van der Waals surface area contributed by atoms with Crippen molar-refractivity contribution < 1.29 is 19.8 Å². The van der Waals surface area contributed by atoms with Crippen molar-refractivity contribution >= 4 is 11.9 Å². The number of carboxylic acids is 2. The van der Waals surface area contributed by atoms with E-state index < -0.39 is 11.9 Å². The zero-order valence-electron chi connectivity index (χ0n) is 14.2. The topological polar surface area (TPSA) is 127 Å². The van der Waals surface area contributed by atoms with Gasteiger partial charge in [-0.15, -0.1) is 0 Å². The molecular weight excluding hydrogens is 296 g/mol. The molecule has 2 atom stereocenters. The molecule has 0 aromatic carbocycles. The first-order valence-electron chi connectivity index (χ1n) is 8.86. The fraction of sp³-hybridized carbons (Fsp3) is 0.882. The van der Waals surface area contributed by atoms with E-state index in [0.29, 0.717) is 12.8 Å². The molecule has 6 N–H and O–H groups in total. The molecule has 6 nitrogen and oxygen atoms in total. The van der Waals surface area contributed by atoms with E-state index in [2.05, 4.69) is 0 Å². The summed E-state index contributed by atoms with van der Waals surface area (Å²) in [6.45, 7) is 0. The van der Waals surface area contributed by atoms with E-state index in [1.54, 1.807) is 0 Å². The summed E-state index contributed by atoms with van der Waals surface area (Å²) in [7, 11) is 0. The van der Waals surface area contributed by atoms with Gasteiger partial charge in [0, 0.05) is 24.9 Å². The summed E-state index contributed by atoms with van der Waals surface area (Å²) in [5, 5.41) is 17.1. The summed E-state index contributed by atoms with van der Waals surface area (Å²) in [6, 6.07) is 0.349. The van der Waals surface area contributed by atoms with Crippen LogP contribution < -0.4 is 11.5 Å². The monoisotopic (exact) mass is 330 g/mol. The molecule has 2 unspecified atom stereocenters. The molecule has 0 aromatic heterocycles. The van der Waals surface area contributed by atoms with Crippen LogP contribution in [0.3, 0.4) is 0 Å². The predicted octanol–water partition coefficient (Wildman–Crippen LogP) is 2.88.